The molecule has 0 radical (unpaired) electrons. The number of hydrogen-bond donors (Lipinski definition) is 1. The molecule has 0 aromatic heterocycles. The third kappa shape index (κ3) is 5.63. The fraction of sp³-hybridized carbons (Fsp3) is 0.0256. The number of carbonyl (C=O) groups is 2. The van der Waals surface area contributed by atoms with Crippen molar-refractivity contribution < 1.29 is 14.7 Å². The molecule has 6 aromatic rings. The molecular formula is C39H27ClO3. The number of hydrogen-bond acceptors (Lipinski definition) is 3. The van der Waals surface area contributed by atoms with Crippen molar-refractivity contribution in [1.29, 1.82) is 0 Å². The summed E-state index contributed by atoms with van der Waals surface area (Å²) in [4.78, 5) is 27.8. The first-order valence-corrected chi connectivity index (χ1v) is 14.3. The van der Waals surface area contributed by atoms with Gasteiger partial charge in [0.25, 0.3) is 0 Å². The van der Waals surface area contributed by atoms with Gasteiger partial charge in [0.15, 0.2) is 11.6 Å². The molecule has 0 aliphatic rings. The van der Waals surface area contributed by atoms with Crippen molar-refractivity contribution in [2.45, 2.75) is 6.92 Å². The highest BCUT2D eigenvalue weighted by Gasteiger charge is 2.24. The van der Waals surface area contributed by atoms with Gasteiger partial charge < -0.3 is 5.11 Å². The molecular weight excluding hydrogens is 552 g/mol. The summed E-state index contributed by atoms with van der Waals surface area (Å²) >= 11 is 6.19. The normalized spacial score (nSPS) is 11.6. The highest BCUT2D eigenvalue weighted by Crippen LogP contribution is 2.38. The van der Waals surface area contributed by atoms with Crippen LogP contribution < -0.4 is 0 Å². The maximum absolute atomic E-state index is 13.9. The van der Waals surface area contributed by atoms with E-state index in [1.165, 1.54) is 18.2 Å². The summed E-state index contributed by atoms with van der Waals surface area (Å²) in [7, 11) is 0. The molecule has 0 aliphatic carbocycles. The Bertz CT molecular complexity index is 1950. The number of fused-ring (bicyclic) bond motifs is 2. The van der Waals surface area contributed by atoms with Crippen molar-refractivity contribution in [3.63, 3.8) is 0 Å². The van der Waals surface area contributed by atoms with Crippen LogP contribution in [0.25, 0.3) is 44.8 Å². The number of rotatable bonds is 7. The van der Waals surface area contributed by atoms with Crippen molar-refractivity contribution in [3.05, 3.63) is 160 Å². The van der Waals surface area contributed by atoms with E-state index in [1.54, 1.807) is 43.3 Å². The van der Waals surface area contributed by atoms with Crippen molar-refractivity contribution in [2.24, 2.45) is 0 Å². The van der Waals surface area contributed by atoms with Crippen molar-refractivity contribution >= 4 is 56.9 Å². The molecule has 6 rings (SSSR count). The fourth-order valence-electron chi connectivity index (χ4n) is 5.56. The van der Waals surface area contributed by atoms with E-state index in [1.807, 2.05) is 84.9 Å². The third-order valence-corrected chi connectivity index (χ3v) is 7.86. The van der Waals surface area contributed by atoms with Crippen LogP contribution in [0.2, 0.25) is 5.02 Å². The number of phenols is 1. The molecule has 0 amide bonds. The molecule has 43 heavy (non-hydrogen) atoms. The van der Waals surface area contributed by atoms with E-state index in [-0.39, 0.29) is 17.1 Å². The number of halogens is 1. The van der Waals surface area contributed by atoms with Gasteiger partial charge in [0.2, 0.25) is 0 Å². The van der Waals surface area contributed by atoms with E-state index in [4.69, 9.17) is 11.6 Å². The van der Waals surface area contributed by atoms with E-state index in [9.17, 15) is 14.7 Å². The molecule has 0 saturated heterocycles. The largest absolute Gasteiger partial charge is 0.507 e. The van der Waals surface area contributed by atoms with Crippen molar-refractivity contribution in [3.8, 4) is 16.9 Å². The van der Waals surface area contributed by atoms with Crippen molar-refractivity contribution in [2.75, 3.05) is 0 Å². The average molecular weight is 579 g/mol. The monoisotopic (exact) mass is 578 g/mol. The summed E-state index contributed by atoms with van der Waals surface area (Å²) in [6, 6.07) is 36.2. The lowest BCUT2D eigenvalue weighted by molar-refractivity contribution is 0.104. The summed E-state index contributed by atoms with van der Waals surface area (Å²) in [5.74, 6) is -0.880. The first-order chi connectivity index (χ1) is 20.9. The van der Waals surface area contributed by atoms with Gasteiger partial charge in [-0.15, -0.1) is 0 Å². The number of aryl methyl sites for hydroxylation is 1. The lowest BCUT2D eigenvalue weighted by Gasteiger charge is -2.17. The van der Waals surface area contributed by atoms with Gasteiger partial charge in [-0.1, -0.05) is 121 Å². The minimum atomic E-state index is -0.414. The van der Waals surface area contributed by atoms with Crippen LogP contribution >= 0.6 is 11.6 Å². The maximum Gasteiger partial charge on any atom is 0.190 e. The lowest BCUT2D eigenvalue weighted by atomic mass is 9.86. The number of carbonyl (C=O) groups excluding carboxylic acids is 2. The Labute approximate surface area is 255 Å². The predicted octanol–water partition coefficient (Wildman–Crippen LogP) is 10.1. The number of allylic oxidation sites excluding steroid dienone is 2. The highest BCUT2D eigenvalue weighted by molar-refractivity contribution is 6.30. The number of aromatic hydroxyl groups is 1. The van der Waals surface area contributed by atoms with Gasteiger partial charge in [-0.05, 0) is 81.1 Å². The van der Waals surface area contributed by atoms with Crippen LogP contribution in [0, 0.1) is 6.92 Å². The Morgan fingerprint density at radius 2 is 1.12 bits per heavy atom. The Hall–Kier alpha value is -5.25. The third-order valence-electron chi connectivity index (χ3n) is 7.60. The van der Waals surface area contributed by atoms with Crippen LogP contribution in [0.4, 0.5) is 0 Å². The van der Waals surface area contributed by atoms with Gasteiger partial charge in [0.05, 0.1) is 5.56 Å². The van der Waals surface area contributed by atoms with Crippen LogP contribution in [0.3, 0.4) is 0 Å². The molecule has 0 atom stereocenters. The zero-order valence-corrected chi connectivity index (χ0v) is 24.2. The van der Waals surface area contributed by atoms with Crippen LogP contribution in [0.1, 0.15) is 37.4 Å². The molecule has 0 spiro atoms. The van der Waals surface area contributed by atoms with Crippen LogP contribution in [-0.2, 0) is 0 Å². The van der Waals surface area contributed by atoms with E-state index in [0.29, 0.717) is 27.3 Å². The number of benzene rings is 6. The Morgan fingerprint density at radius 1 is 0.628 bits per heavy atom. The molecule has 0 bridgehead atoms. The number of phenolic OH excluding ortho intramolecular Hbond substituents is 1. The maximum atomic E-state index is 13.9. The Morgan fingerprint density at radius 3 is 1.67 bits per heavy atom. The molecule has 4 heteroatoms. The molecule has 0 unspecified atom stereocenters. The molecule has 0 fully saturated rings. The SMILES string of the molecule is Cc1cc(O)c(C(=O)/C=C/c2cccc3ccccc23)c(-c2ccc(Cl)cc2)c1C(=O)/C=C/c1cccc2ccccc12. The molecule has 208 valence electrons. The van der Waals surface area contributed by atoms with E-state index in [0.717, 1.165) is 32.7 Å². The second kappa shape index (κ2) is 11.9. The highest BCUT2D eigenvalue weighted by atomic mass is 35.5. The second-order valence-electron chi connectivity index (χ2n) is 10.4. The second-order valence-corrected chi connectivity index (χ2v) is 10.8. The molecule has 0 saturated carbocycles. The Balaban J connectivity index is 1.47. The predicted molar refractivity (Wildman–Crippen MR) is 178 cm³/mol. The van der Waals surface area contributed by atoms with Crippen molar-refractivity contribution in [1.82, 2.24) is 0 Å². The molecule has 1 N–H and O–H groups in total. The van der Waals surface area contributed by atoms with E-state index in [2.05, 4.69) is 0 Å². The summed E-state index contributed by atoms with van der Waals surface area (Å²) in [6.45, 7) is 1.76. The zero-order chi connectivity index (χ0) is 29.9. The van der Waals surface area contributed by atoms with E-state index < -0.39 is 5.78 Å². The first-order valence-electron chi connectivity index (χ1n) is 13.9. The van der Waals surface area contributed by atoms with Gasteiger partial charge in [-0.25, -0.2) is 0 Å². The van der Waals surface area contributed by atoms with Crippen LogP contribution in [0.5, 0.6) is 5.75 Å². The standard InChI is InChI=1S/C39H27ClO3/c1-25-24-36(43)39(35(42)23-19-29-13-7-11-27-9-3-5-15-33(27)29)38(30-16-20-31(40)21-17-30)37(25)34(41)22-18-28-12-6-10-26-8-2-4-14-32(26)28/h2-24,43H,1H3/b22-18+,23-19+. The molecule has 3 nitrogen and oxygen atoms in total. The van der Waals surface area contributed by atoms with Crippen LogP contribution in [0.15, 0.2) is 127 Å². The fourth-order valence-corrected chi connectivity index (χ4v) is 5.69. The van der Waals surface area contributed by atoms with Crippen LogP contribution in [-0.4, -0.2) is 16.7 Å². The minimum absolute atomic E-state index is 0.0614. The zero-order valence-electron chi connectivity index (χ0n) is 23.4. The smallest absolute Gasteiger partial charge is 0.190 e. The molecule has 0 heterocycles. The Kier molecular flexibility index (Phi) is 7.74. The summed E-state index contributed by atoms with van der Waals surface area (Å²) in [5, 5.41) is 15.8. The quantitative estimate of drug-likeness (QED) is 0.151. The first kappa shape index (κ1) is 27.9. The summed E-state index contributed by atoms with van der Waals surface area (Å²) < 4.78 is 0. The molecule has 6 aromatic carbocycles. The van der Waals surface area contributed by atoms with Gasteiger partial charge in [0.1, 0.15) is 5.75 Å². The minimum Gasteiger partial charge on any atom is -0.507 e. The lowest BCUT2D eigenvalue weighted by Crippen LogP contribution is -2.08. The summed E-state index contributed by atoms with van der Waals surface area (Å²) in [6.07, 6.45) is 6.52. The average Bonchev–Trinajstić information content (AvgIpc) is 3.02. The number of ketones is 2. The van der Waals surface area contributed by atoms with Gasteiger partial charge in [-0.3, -0.25) is 9.59 Å². The van der Waals surface area contributed by atoms with Gasteiger partial charge >= 0.3 is 0 Å². The van der Waals surface area contributed by atoms with E-state index >= 15 is 0 Å². The van der Waals surface area contributed by atoms with Gasteiger partial charge in [-0.2, -0.15) is 0 Å². The van der Waals surface area contributed by atoms with Gasteiger partial charge in [0, 0.05) is 16.1 Å². The topological polar surface area (TPSA) is 54.4 Å². The molecule has 0 aliphatic heterocycles. The summed E-state index contributed by atoms with van der Waals surface area (Å²) in [5.41, 5.74) is 3.72.